The molecule has 0 atom stereocenters. The summed E-state index contributed by atoms with van der Waals surface area (Å²) in [7, 11) is 0. The molecule has 8 heteroatoms. The number of hydrogen-bond donors (Lipinski definition) is 1. The molecule has 0 aliphatic heterocycles. The number of nitrogens with zero attached hydrogens (tertiary/aromatic N) is 6. The Balaban J connectivity index is 1.98. The van der Waals surface area contributed by atoms with Crippen LogP contribution in [0.4, 0.5) is 0 Å². The van der Waals surface area contributed by atoms with Crippen molar-refractivity contribution in [3.8, 4) is 11.4 Å². The lowest BCUT2D eigenvalue weighted by Crippen LogP contribution is -2.14. The van der Waals surface area contributed by atoms with Crippen LogP contribution in [0.5, 0.6) is 0 Å². The van der Waals surface area contributed by atoms with E-state index in [1.165, 1.54) is 11.0 Å². The van der Waals surface area contributed by atoms with Gasteiger partial charge < -0.3 is 5.11 Å². The Morgan fingerprint density at radius 3 is 2.60 bits per heavy atom. The van der Waals surface area contributed by atoms with E-state index in [1.54, 1.807) is 6.92 Å². The molecule has 0 spiro atoms. The molecule has 0 aliphatic rings. The number of carboxylic acids is 1. The Labute approximate surface area is 113 Å². The summed E-state index contributed by atoms with van der Waals surface area (Å²) in [6.07, 6.45) is 1.53. The predicted molar refractivity (Wildman–Crippen MR) is 68.0 cm³/mol. The molecule has 2 heterocycles. The molecule has 0 saturated carbocycles. The van der Waals surface area contributed by atoms with Crippen molar-refractivity contribution < 1.29 is 9.90 Å². The van der Waals surface area contributed by atoms with Crippen molar-refractivity contribution in [2.45, 2.75) is 6.92 Å². The summed E-state index contributed by atoms with van der Waals surface area (Å²) in [5.41, 5.74) is 1.31. The van der Waals surface area contributed by atoms with E-state index in [1.807, 2.05) is 30.3 Å². The maximum atomic E-state index is 11.0. The standard InChI is InChI=1S/C12H10N6O2/c1-8-7-17(14-10(8)12(19)20)18-15-11(13-16-18)9-5-3-2-4-6-9/h2-7H,1H3,(H,19,20). The van der Waals surface area contributed by atoms with Gasteiger partial charge in [-0.3, -0.25) is 0 Å². The third-order valence-corrected chi connectivity index (χ3v) is 2.71. The third-order valence-electron chi connectivity index (χ3n) is 2.71. The Hall–Kier alpha value is -3.03. The minimum Gasteiger partial charge on any atom is -0.476 e. The van der Waals surface area contributed by atoms with E-state index in [0.29, 0.717) is 11.4 Å². The van der Waals surface area contributed by atoms with Gasteiger partial charge in [0, 0.05) is 11.1 Å². The molecule has 0 bridgehead atoms. The fraction of sp³-hybridized carbons (Fsp3) is 0.0833. The van der Waals surface area contributed by atoms with Crippen LogP contribution in [-0.4, -0.2) is 41.3 Å². The van der Waals surface area contributed by atoms with Gasteiger partial charge in [0.25, 0.3) is 0 Å². The van der Waals surface area contributed by atoms with Gasteiger partial charge in [0.05, 0.1) is 6.20 Å². The van der Waals surface area contributed by atoms with Gasteiger partial charge in [-0.05, 0) is 17.0 Å². The van der Waals surface area contributed by atoms with Crippen LogP contribution in [0.25, 0.3) is 11.4 Å². The lowest BCUT2D eigenvalue weighted by atomic mass is 10.2. The zero-order valence-corrected chi connectivity index (χ0v) is 10.5. The Kier molecular flexibility index (Phi) is 2.75. The summed E-state index contributed by atoms with van der Waals surface area (Å²) in [5.74, 6) is -0.653. The van der Waals surface area contributed by atoms with Crippen LogP contribution in [0, 0.1) is 6.92 Å². The largest absolute Gasteiger partial charge is 0.476 e. The summed E-state index contributed by atoms with van der Waals surface area (Å²) < 4.78 is 0. The van der Waals surface area contributed by atoms with Crippen molar-refractivity contribution in [3.05, 3.63) is 47.8 Å². The molecule has 1 aromatic carbocycles. The number of aromatic nitrogens is 6. The molecule has 0 radical (unpaired) electrons. The van der Waals surface area contributed by atoms with Crippen LogP contribution in [0.3, 0.4) is 0 Å². The number of carboxylic acid groups (broad SMARTS) is 1. The number of carbonyl (C=O) groups is 1. The van der Waals surface area contributed by atoms with E-state index in [9.17, 15) is 4.79 Å². The zero-order valence-electron chi connectivity index (χ0n) is 10.5. The number of aryl methyl sites for hydroxylation is 1. The summed E-state index contributed by atoms with van der Waals surface area (Å²) in [6, 6.07) is 9.36. The topological polar surface area (TPSA) is 98.7 Å². The summed E-state index contributed by atoms with van der Waals surface area (Å²) in [6.45, 7) is 1.65. The van der Waals surface area contributed by atoms with Crippen molar-refractivity contribution >= 4 is 5.97 Å². The van der Waals surface area contributed by atoms with Crippen LogP contribution < -0.4 is 0 Å². The first-order valence-electron chi connectivity index (χ1n) is 5.81. The number of rotatable bonds is 3. The summed E-state index contributed by atoms with van der Waals surface area (Å²) in [5, 5.41) is 24.8. The second-order valence-electron chi connectivity index (χ2n) is 4.13. The first-order valence-corrected chi connectivity index (χ1v) is 5.81. The molecule has 8 nitrogen and oxygen atoms in total. The van der Waals surface area contributed by atoms with Gasteiger partial charge in [-0.1, -0.05) is 30.3 Å². The summed E-state index contributed by atoms with van der Waals surface area (Å²) >= 11 is 0. The number of benzene rings is 1. The Morgan fingerprint density at radius 1 is 1.20 bits per heavy atom. The van der Waals surface area contributed by atoms with Crippen LogP contribution in [-0.2, 0) is 0 Å². The quantitative estimate of drug-likeness (QED) is 0.757. The molecule has 0 amide bonds. The van der Waals surface area contributed by atoms with E-state index in [-0.39, 0.29) is 5.69 Å². The molecule has 2 aromatic heterocycles. The van der Waals surface area contributed by atoms with Crippen LogP contribution >= 0.6 is 0 Å². The maximum absolute atomic E-state index is 11.0. The highest BCUT2D eigenvalue weighted by atomic mass is 16.4. The first-order chi connectivity index (χ1) is 9.65. The molecule has 0 aliphatic carbocycles. The fourth-order valence-electron chi connectivity index (χ4n) is 1.74. The lowest BCUT2D eigenvalue weighted by molar-refractivity contribution is 0.0688. The van der Waals surface area contributed by atoms with Gasteiger partial charge in [-0.2, -0.15) is 0 Å². The number of hydrogen-bond acceptors (Lipinski definition) is 5. The molecule has 3 rings (SSSR count). The van der Waals surface area contributed by atoms with Gasteiger partial charge in [0.1, 0.15) is 0 Å². The molecular formula is C12H10N6O2. The van der Waals surface area contributed by atoms with E-state index in [4.69, 9.17) is 5.11 Å². The van der Waals surface area contributed by atoms with Crippen molar-refractivity contribution in [1.29, 1.82) is 0 Å². The van der Waals surface area contributed by atoms with Crippen LogP contribution in [0.1, 0.15) is 16.1 Å². The monoisotopic (exact) mass is 270 g/mol. The van der Waals surface area contributed by atoms with E-state index < -0.39 is 5.97 Å². The van der Waals surface area contributed by atoms with Gasteiger partial charge in [-0.15, -0.1) is 20.1 Å². The first kappa shape index (κ1) is 12.0. The average molecular weight is 270 g/mol. The zero-order chi connectivity index (χ0) is 14.1. The molecule has 0 saturated heterocycles. The van der Waals surface area contributed by atoms with Crippen LogP contribution in [0.15, 0.2) is 36.5 Å². The van der Waals surface area contributed by atoms with Crippen molar-refractivity contribution in [1.82, 2.24) is 30.2 Å². The smallest absolute Gasteiger partial charge is 0.356 e. The fourth-order valence-corrected chi connectivity index (χ4v) is 1.74. The molecule has 100 valence electrons. The molecule has 20 heavy (non-hydrogen) atoms. The highest BCUT2D eigenvalue weighted by Crippen LogP contribution is 2.12. The van der Waals surface area contributed by atoms with Crippen molar-refractivity contribution in [2.75, 3.05) is 0 Å². The van der Waals surface area contributed by atoms with Crippen molar-refractivity contribution in [2.24, 2.45) is 0 Å². The molecular weight excluding hydrogens is 260 g/mol. The van der Waals surface area contributed by atoms with Crippen LogP contribution in [0.2, 0.25) is 0 Å². The normalized spacial score (nSPS) is 10.7. The predicted octanol–water partition coefficient (Wildman–Crippen LogP) is 0.855. The third kappa shape index (κ3) is 2.03. The molecule has 0 unspecified atom stereocenters. The summed E-state index contributed by atoms with van der Waals surface area (Å²) in [4.78, 5) is 13.3. The van der Waals surface area contributed by atoms with E-state index >= 15 is 0 Å². The average Bonchev–Trinajstić information content (AvgIpc) is 3.06. The minimum atomic E-state index is -1.09. The number of tetrazole rings is 1. The molecule has 3 aromatic rings. The lowest BCUT2D eigenvalue weighted by Gasteiger charge is -1.95. The van der Waals surface area contributed by atoms with Gasteiger partial charge in [0.15, 0.2) is 5.69 Å². The second kappa shape index (κ2) is 4.57. The number of aromatic carboxylic acids is 1. The highest BCUT2D eigenvalue weighted by molar-refractivity contribution is 5.86. The molecule has 1 N–H and O–H groups in total. The van der Waals surface area contributed by atoms with Gasteiger partial charge in [0.2, 0.25) is 5.82 Å². The SMILES string of the molecule is Cc1cn(-n2nnc(-c3ccccc3)n2)nc1C(=O)O. The second-order valence-corrected chi connectivity index (χ2v) is 4.13. The highest BCUT2D eigenvalue weighted by Gasteiger charge is 2.14. The Morgan fingerprint density at radius 2 is 1.95 bits per heavy atom. The van der Waals surface area contributed by atoms with Gasteiger partial charge >= 0.3 is 5.97 Å². The van der Waals surface area contributed by atoms with Gasteiger partial charge in [-0.25, -0.2) is 4.79 Å². The van der Waals surface area contributed by atoms with E-state index in [2.05, 4.69) is 20.5 Å². The van der Waals surface area contributed by atoms with E-state index in [0.717, 1.165) is 10.5 Å². The Bertz CT molecular complexity index is 761. The maximum Gasteiger partial charge on any atom is 0.356 e. The van der Waals surface area contributed by atoms with Crippen molar-refractivity contribution in [3.63, 3.8) is 0 Å². The minimum absolute atomic E-state index is 0.0384. The molecule has 0 fully saturated rings.